The maximum Gasteiger partial charge on any atom is 0.268 e. The zero-order valence-corrected chi connectivity index (χ0v) is 13.4. The number of hydrogen-bond donors (Lipinski definition) is 3. The fraction of sp³-hybridized carbons (Fsp3) is 0. The number of nitrogen functional groups attached to an aromatic ring is 1. The normalized spacial score (nSPS) is 9.90. The van der Waals surface area contributed by atoms with E-state index in [0.29, 0.717) is 14.5 Å². The number of anilines is 1. The molecule has 0 unspecified atom stereocenters. The van der Waals surface area contributed by atoms with Gasteiger partial charge in [0.15, 0.2) is 0 Å². The Morgan fingerprint density at radius 3 is 2.33 bits per heavy atom. The quantitative estimate of drug-likeness (QED) is 0.667. The second-order valence-corrected chi connectivity index (χ2v) is 5.71. The van der Waals surface area contributed by atoms with Crippen molar-refractivity contribution in [1.29, 1.82) is 10.5 Å². The lowest BCUT2D eigenvalue weighted by Gasteiger charge is -2.11. The zero-order chi connectivity index (χ0) is 15.7. The molecule has 0 aliphatic carbocycles. The molecule has 0 fully saturated rings. The Morgan fingerprint density at radius 2 is 1.76 bits per heavy atom. The number of nitrogens with two attached hydrogens (primary N) is 1. The van der Waals surface area contributed by atoms with E-state index in [-0.39, 0.29) is 28.3 Å². The van der Waals surface area contributed by atoms with Crippen molar-refractivity contribution in [2.75, 3.05) is 5.73 Å². The fourth-order valence-corrected chi connectivity index (χ4v) is 3.03. The number of benzene rings is 1. The molecule has 0 radical (unpaired) electrons. The Labute approximate surface area is 135 Å². The van der Waals surface area contributed by atoms with E-state index in [4.69, 9.17) is 5.73 Å². The number of nitrogens with zero attached hydrogens (tertiary/aromatic N) is 2. The molecule has 2 rings (SSSR count). The van der Waals surface area contributed by atoms with E-state index < -0.39 is 5.56 Å². The minimum atomic E-state index is -0.696. The van der Waals surface area contributed by atoms with Crippen LogP contribution in [-0.2, 0) is 0 Å². The SMILES string of the molecule is N#Cc1c(N)[nH]c(=O)c(C#N)c1-c1cc(O)c(Br)cc1Br. The first-order chi connectivity index (χ1) is 9.90. The van der Waals surface area contributed by atoms with Crippen LogP contribution in [0.1, 0.15) is 11.1 Å². The summed E-state index contributed by atoms with van der Waals surface area (Å²) in [6, 6.07) is 6.51. The average Bonchev–Trinajstić information content (AvgIpc) is 2.42. The average molecular weight is 410 g/mol. The molecule has 1 aromatic carbocycles. The lowest BCUT2D eigenvalue weighted by molar-refractivity contribution is 0.472. The number of hydrogen-bond acceptors (Lipinski definition) is 5. The van der Waals surface area contributed by atoms with Crippen molar-refractivity contribution in [3.63, 3.8) is 0 Å². The minimum absolute atomic E-state index is 0.0337. The van der Waals surface area contributed by atoms with Crippen LogP contribution >= 0.6 is 31.9 Å². The van der Waals surface area contributed by atoms with Gasteiger partial charge < -0.3 is 15.8 Å². The first-order valence-electron chi connectivity index (χ1n) is 5.45. The van der Waals surface area contributed by atoms with Crippen LogP contribution in [0.15, 0.2) is 25.9 Å². The number of nitrogens with one attached hydrogen (secondary N) is 1. The third kappa shape index (κ3) is 2.51. The maximum atomic E-state index is 11.8. The summed E-state index contributed by atoms with van der Waals surface area (Å²) in [5.41, 5.74) is 5.06. The number of H-pyrrole nitrogens is 1. The Morgan fingerprint density at radius 1 is 1.14 bits per heavy atom. The van der Waals surface area contributed by atoms with Crippen LogP contribution in [0.5, 0.6) is 5.75 Å². The molecular weight excluding hydrogens is 404 g/mol. The monoisotopic (exact) mass is 408 g/mol. The highest BCUT2D eigenvalue weighted by molar-refractivity contribution is 9.11. The third-order valence-corrected chi connectivity index (χ3v) is 4.07. The van der Waals surface area contributed by atoms with Gasteiger partial charge in [0.05, 0.1) is 4.47 Å². The molecule has 0 saturated heterocycles. The number of rotatable bonds is 1. The smallest absolute Gasteiger partial charge is 0.268 e. The zero-order valence-electron chi connectivity index (χ0n) is 10.2. The summed E-state index contributed by atoms with van der Waals surface area (Å²) in [5, 5.41) is 28.2. The van der Waals surface area contributed by atoms with Gasteiger partial charge in [-0.3, -0.25) is 4.79 Å². The summed E-state index contributed by atoms with van der Waals surface area (Å²) in [5.74, 6) is -0.231. The first-order valence-corrected chi connectivity index (χ1v) is 7.03. The molecule has 0 amide bonds. The van der Waals surface area contributed by atoms with E-state index in [1.54, 1.807) is 12.1 Å². The van der Waals surface area contributed by atoms with Gasteiger partial charge in [0.1, 0.15) is 34.8 Å². The fourth-order valence-electron chi connectivity index (χ4n) is 1.84. The van der Waals surface area contributed by atoms with Gasteiger partial charge in [0, 0.05) is 15.6 Å². The van der Waals surface area contributed by atoms with Gasteiger partial charge in [-0.15, -0.1) is 0 Å². The van der Waals surface area contributed by atoms with Crippen molar-refractivity contribution < 1.29 is 5.11 Å². The molecule has 0 aliphatic rings. The van der Waals surface area contributed by atoms with Crippen molar-refractivity contribution in [2.45, 2.75) is 0 Å². The predicted molar refractivity (Wildman–Crippen MR) is 83.4 cm³/mol. The van der Waals surface area contributed by atoms with Crippen LogP contribution in [0.4, 0.5) is 5.82 Å². The van der Waals surface area contributed by atoms with Gasteiger partial charge in [-0.05, 0) is 28.1 Å². The Bertz CT molecular complexity index is 891. The van der Waals surface area contributed by atoms with E-state index in [1.165, 1.54) is 6.07 Å². The standard InChI is InChI=1S/C13H6Br2N4O2/c14-8-2-9(15)10(20)1-5(8)11-6(3-16)12(18)19-13(21)7(11)4-17/h1-2,20H,(H3,18,19,21). The highest BCUT2D eigenvalue weighted by atomic mass is 79.9. The maximum absolute atomic E-state index is 11.8. The molecule has 1 heterocycles. The van der Waals surface area contributed by atoms with E-state index >= 15 is 0 Å². The van der Waals surface area contributed by atoms with E-state index in [1.807, 2.05) is 6.07 Å². The highest BCUT2D eigenvalue weighted by Crippen LogP contribution is 2.39. The van der Waals surface area contributed by atoms with Crippen LogP contribution in [0.25, 0.3) is 11.1 Å². The van der Waals surface area contributed by atoms with Gasteiger partial charge in [0.2, 0.25) is 0 Å². The van der Waals surface area contributed by atoms with Crippen LogP contribution in [0.3, 0.4) is 0 Å². The second-order valence-electron chi connectivity index (χ2n) is 4.00. The molecule has 8 heteroatoms. The second kappa shape index (κ2) is 5.60. The van der Waals surface area contributed by atoms with Crippen molar-refractivity contribution in [3.8, 4) is 29.0 Å². The van der Waals surface area contributed by atoms with Gasteiger partial charge in [-0.2, -0.15) is 10.5 Å². The summed E-state index contributed by atoms with van der Waals surface area (Å²) in [6.45, 7) is 0. The molecule has 0 saturated carbocycles. The number of nitriles is 2. The summed E-state index contributed by atoms with van der Waals surface area (Å²) in [7, 11) is 0. The summed E-state index contributed by atoms with van der Waals surface area (Å²) in [6.07, 6.45) is 0. The lowest BCUT2D eigenvalue weighted by atomic mass is 9.96. The summed E-state index contributed by atoms with van der Waals surface area (Å²) < 4.78 is 0.915. The molecule has 6 nitrogen and oxygen atoms in total. The van der Waals surface area contributed by atoms with Crippen molar-refractivity contribution in [1.82, 2.24) is 4.98 Å². The van der Waals surface area contributed by atoms with E-state index in [9.17, 15) is 20.4 Å². The van der Waals surface area contributed by atoms with Gasteiger partial charge in [-0.1, -0.05) is 15.9 Å². The molecule has 1 aromatic heterocycles. The first kappa shape index (κ1) is 15.1. The molecule has 104 valence electrons. The number of aromatic hydroxyl groups is 1. The van der Waals surface area contributed by atoms with Crippen LogP contribution in [0, 0.1) is 22.7 Å². The number of pyridine rings is 1. The summed E-state index contributed by atoms with van der Waals surface area (Å²) in [4.78, 5) is 14.1. The predicted octanol–water partition coefficient (Wildman–Crippen LogP) is 2.60. The Balaban J connectivity index is 3.00. The van der Waals surface area contributed by atoms with Crippen molar-refractivity contribution in [2.24, 2.45) is 0 Å². The molecule has 0 atom stereocenters. The van der Waals surface area contributed by atoms with E-state index in [0.717, 1.165) is 0 Å². The molecule has 4 N–H and O–H groups in total. The molecular formula is C13H6Br2N4O2. The number of aromatic amines is 1. The molecule has 0 spiro atoms. The van der Waals surface area contributed by atoms with Crippen LogP contribution in [-0.4, -0.2) is 10.1 Å². The molecule has 0 bridgehead atoms. The van der Waals surface area contributed by atoms with E-state index in [2.05, 4.69) is 36.8 Å². The molecule has 0 aliphatic heterocycles. The summed E-state index contributed by atoms with van der Waals surface area (Å²) >= 11 is 6.43. The van der Waals surface area contributed by atoms with Crippen LogP contribution in [0.2, 0.25) is 0 Å². The minimum Gasteiger partial charge on any atom is -0.507 e. The molecule has 2 aromatic rings. The van der Waals surface area contributed by atoms with Gasteiger partial charge in [0.25, 0.3) is 5.56 Å². The van der Waals surface area contributed by atoms with Crippen molar-refractivity contribution >= 4 is 37.7 Å². The number of aromatic nitrogens is 1. The number of phenolic OH excluding ortho intramolecular Hbond substituents is 1. The van der Waals surface area contributed by atoms with Gasteiger partial charge >= 0.3 is 0 Å². The van der Waals surface area contributed by atoms with Gasteiger partial charge in [-0.25, -0.2) is 0 Å². The third-order valence-electron chi connectivity index (χ3n) is 2.77. The molecule has 21 heavy (non-hydrogen) atoms. The largest absolute Gasteiger partial charge is 0.507 e. The van der Waals surface area contributed by atoms with Crippen LogP contribution < -0.4 is 11.3 Å². The Kier molecular flexibility index (Phi) is 4.03. The highest BCUT2D eigenvalue weighted by Gasteiger charge is 2.21. The Hall–Kier alpha value is -2.29. The lowest BCUT2D eigenvalue weighted by Crippen LogP contribution is -2.16. The topological polar surface area (TPSA) is 127 Å². The number of phenols is 1. The van der Waals surface area contributed by atoms with Crippen molar-refractivity contribution in [3.05, 3.63) is 42.6 Å². The number of halogens is 2.